The van der Waals surface area contributed by atoms with Crippen molar-refractivity contribution in [1.82, 2.24) is 0 Å². The highest BCUT2D eigenvalue weighted by molar-refractivity contribution is 5.86. The number of carbonyl (C=O) groups is 1. The quantitative estimate of drug-likeness (QED) is 0.118. The highest BCUT2D eigenvalue weighted by Gasteiger charge is 2.64. The molecule has 0 fully saturated rings. The minimum absolute atomic E-state index is 0.205. The van der Waals surface area contributed by atoms with Crippen molar-refractivity contribution in [3.63, 3.8) is 0 Å². The molecule has 0 atom stereocenters. The van der Waals surface area contributed by atoms with Gasteiger partial charge in [0.1, 0.15) is 5.75 Å². The summed E-state index contributed by atoms with van der Waals surface area (Å²) >= 11 is 0. The van der Waals surface area contributed by atoms with Crippen LogP contribution >= 0.6 is 0 Å². The average molecular weight is 625 g/mol. The van der Waals surface area contributed by atoms with Crippen molar-refractivity contribution < 1.29 is 9.53 Å². The van der Waals surface area contributed by atoms with Crippen LogP contribution in [0.1, 0.15) is 60.9 Å². The Bertz CT molecular complexity index is 2020. The van der Waals surface area contributed by atoms with E-state index in [1.807, 2.05) is 30.3 Å². The van der Waals surface area contributed by atoms with E-state index in [2.05, 4.69) is 141 Å². The molecular formula is C46H40O2. The Balaban J connectivity index is 1.37. The van der Waals surface area contributed by atoms with Crippen LogP contribution in [-0.2, 0) is 22.0 Å². The van der Waals surface area contributed by atoms with Gasteiger partial charge in [0.25, 0.3) is 0 Å². The van der Waals surface area contributed by atoms with Crippen molar-refractivity contribution in [2.75, 3.05) is 0 Å². The van der Waals surface area contributed by atoms with E-state index >= 15 is 0 Å². The monoisotopic (exact) mass is 624 g/mol. The molecule has 0 radical (unpaired) electrons. The van der Waals surface area contributed by atoms with E-state index in [4.69, 9.17) is 4.74 Å². The first-order chi connectivity index (χ1) is 23.5. The van der Waals surface area contributed by atoms with Crippen molar-refractivity contribution in [1.29, 1.82) is 0 Å². The van der Waals surface area contributed by atoms with E-state index in [0.29, 0.717) is 18.6 Å². The molecule has 2 heteroatoms. The summed E-state index contributed by atoms with van der Waals surface area (Å²) in [7, 11) is 0. The molecule has 48 heavy (non-hydrogen) atoms. The van der Waals surface area contributed by atoms with Crippen LogP contribution in [0.5, 0.6) is 5.75 Å². The molecule has 236 valence electrons. The number of esters is 1. The molecule has 6 aromatic carbocycles. The topological polar surface area (TPSA) is 26.3 Å². The molecule has 0 spiro atoms. The van der Waals surface area contributed by atoms with Gasteiger partial charge in [-0.15, -0.1) is 0 Å². The number of hydrogen-bond donors (Lipinski definition) is 0. The van der Waals surface area contributed by atoms with Gasteiger partial charge in [0, 0.05) is 17.3 Å². The molecule has 0 saturated carbocycles. The van der Waals surface area contributed by atoms with Crippen molar-refractivity contribution in [2.24, 2.45) is 5.41 Å². The maximum atomic E-state index is 13.7. The van der Waals surface area contributed by atoms with Gasteiger partial charge in [-0.1, -0.05) is 159 Å². The third kappa shape index (κ3) is 4.43. The SMILES string of the molecule is CC(C)(C1(CCC(=O)Oc2ccccc2)c2ccccc2-c2ccccc21)C1(CCc2ccccc2)c2ccccc2-c2ccccc21. The number of aryl methyl sites for hydroxylation is 1. The first kappa shape index (κ1) is 30.1. The van der Waals surface area contributed by atoms with Gasteiger partial charge in [-0.25, -0.2) is 0 Å². The predicted octanol–water partition coefficient (Wildman–Crippen LogP) is 11.0. The fourth-order valence-electron chi connectivity index (χ4n) is 9.46. The number of ether oxygens (including phenoxy) is 1. The minimum atomic E-state index is -0.503. The van der Waals surface area contributed by atoms with Gasteiger partial charge in [0.2, 0.25) is 0 Å². The Kier molecular flexibility index (Phi) is 7.41. The van der Waals surface area contributed by atoms with Crippen molar-refractivity contribution >= 4 is 5.97 Å². The smallest absolute Gasteiger partial charge is 0.311 e. The molecule has 0 N–H and O–H groups in total. The molecule has 0 bridgehead atoms. The molecular weight excluding hydrogens is 585 g/mol. The molecule has 2 aliphatic carbocycles. The van der Waals surface area contributed by atoms with Crippen LogP contribution in [0.2, 0.25) is 0 Å². The minimum Gasteiger partial charge on any atom is -0.427 e. The molecule has 2 nitrogen and oxygen atoms in total. The Labute approximate surface area is 284 Å². The predicted molar refractivity (Wildman–Crippen MR) is 195 cm³/mol. The van der Waals surface area contributed by atoms with Crippen LogP contribution in [-0.4, -0.2) is 5.97 Å². The number of fused-ring (bicyclic) bond motifs is 6. The summed E-state index contributed by atoms with van der Waals surface area (Å²) in [6.45, 7) is 4.97. The number of carbonyl (C=O) groups excluding carboxylic acids is 1. The van der Waals surface area contributed by atoms with Crippen LogP contribution in [0.25, 0.3) is 22.3 Å². The maximum Gasteiger partial charge on any atom is 0.311 e. The van der Waals surface area contributed by atoms with Crippen molar-refractivity contribution in [2.45, 2.75) is 50.4 Å². The van der Waals surface area contributed by atoms with E-state index in [1.54, 1.807) is 0 Å². The summed E-state index contributed by atoms with van der Waals surface area (Å²) in [5, 5.41) is 0. The fraction of sp³-hybridized carbons (Fsp3) is 0.196. The standard InChI is InChI=1S/C46H40O2/c1-44(2,45(31-29-33-17-5-3-6-18-33)39-25-13-9-21-35(39)36-22-10-14-26-40(36)45)46(32-30-43(47)48-34-19-7-4-8-20-34)41-27-15-11-23-37(41)38-24-12-16-28-42(38)46/h3-28H,29-32H2,1-2H3. The van der Waals surface area contributed by atoms with Crippen LogP contribution in [0.15, 0.2) is 158 Å². The molecule has 6 aromatic rings. The summed E-state index contributed by atoms with van der Waals surface area (Å²) in [4.78, 5) is 13.7. The number of benzene rings is 6. The van der Waals surface area contributed by atoms with E-state index in [1.165, 1.54) is 50.1 Å². The fourth-order valence-corrected chi connectivity index (χ4v) is 9.46. The zero-order valence-electron chi connectivity index (χ0n) is 27.7. The van der Waals surface area contributed by atoms with E-state index in [9.17, 15) is 4.79 Å². The lowest BCUT2D eigenvalue weighted by atomic mass is 9.45. The number of rotatable bonds is 9. The van der Waals surface area contributed by atoms with Gasteiger partial charge in [-0.05, 0) is 86.9 Å². The van der Waals surface area contributed by atoms with Crippen molar-refractivity contribution in [3.05, 3.63) is 186 Å². The normalized spacial score (nSPS) is 14.8. The van der Waals surface area contributed by atoms with E-state index in [-0.39, 0.29) is 11.4 Å². The lowest BCUT2D eigenvalue weighted by Gasteiger charge is -2.57. The Hall–Kier alpha value is -5.21. The Morgan fingerprint density at radius 3 is 1.33 bits per heavy atom. The third-order valence-electron chi connectivity index (χ3n) is 11.6. The molecule has 0 saturated heterocycles. The summed E-state index contributed by atoms with van der Waals surface area (Å²) in [6, 6.07) is 56.2. The summed E-state index contributed by atoms with van der Waals surface area (Å²) in [6.07, 6.45) is 2.77. The second kappa shape index (κ2) is 11.8. The van der Waals surface area contributed by atoms with Gasteiger partial charge in [0.15, 0.2) is 0 Å². The van der Waals surface area contributed by atoms with E-state index in [0.717, 1.165) is 12.8 Å². The molecule has 0 aromatic heterocycles. The second-order valence-corrected chi connectivity index (χ2v) is 13.9. The van der Waals surface area contributed by atoms with Gasteiger partial charge in [0.05, 0.1) is 0 Å². The van der Waals surface area contributed by atoms with Gasteiger partial charge in [-0.2, -0.15) is 0 Å². The Morgan fingerprint density at radius 2 is 0.875 bits per heavy atom. The van der Waals surface area contributed by atoms with Crippen molar-refractivity contribution in [3.8, 4) is 28.0 Å². The van der Waals surface area contributed by atoms with Crippen LogP contribution in [0.3, 0.4) is 0 Å². The molecule has 0 amide bonds. The highest BCUT2D eigenvalue weighted by Crippen LogP contribution is 2.70. The number of para-hydroxylation sites is 1. The average Bonchev–Trinajstić information content (AvgIpc) is 3.60. The molecule has 2 aliphatic rings. The summed E-state index contributed by atoms with van der Waals surface area (Å²) in [5.74, 6) is 0.379. The third-order valence-corrected chi connectivity index (χ3v) is 11.6. The lowest BCUT2D eigenvalue weighted by Crippen LogP contribution is -2.55. The second-order valence-electron chi connectivity index (χ2n) is 13.9. The largest absolute Gasteiger partial charge is 0.427 e. The molecule has 0 aliphatic heterocycles. The summed E-state index contributed by atoms with van der Waals surface area (Å²) < 4.78 is 5.94. The zero-order chi connectivity index (χ0) is 32.8. The zero-order valence-corrected chi connectivity index (χ0v) is 27.7. The van der Waals surface area contributed by atoms with Crippen LogP contribution < -0.4 is 4.74 Å². The maximum absolute atomic E-state index is 13.7. The van der Waals surface area contributed by atoms with Gasteiger partial charge in [-0.3, -0.25) is 4.79 Å². The van der Waals surface area contributed by atoms with Crippen LogP contribution in [0.4, 0.5) is 0 Å². The molecule has 8 rings (SSSR count). The van der Waals surface area contributed by atoms with Crippen LogP contribution in [0, 0.1) is 5.41 Å². The first-order valence-electron chi connectivity index (χ1n) is 17.2. The van der Waals surface area contributed by atoms with E-state index < -0.39 is 10.8 Å². The van der Waals surface area contributed by atoms with Gasteiger partial charge >= 0.3 is 5.97 Å². The number of hydrogen-bond acceptors (Lipinski definition) is 2. The first-order valence-corrected chi connectivity index (χ1v) is 17.2. The van der Waals surface area contributed by atoms with Gasteiger partial charge < -0.3 is 4.74 Å². The molecule has 0 heterocycles. The molecule has 0 unspecified atom stereocenters. The lowest BCUT2D eigenvalue weighted by molar-refractivity contribution is -0.135. The summed E-state index contributed by atoms with van der Waals surface area (Å²) in [5.41, 5.74) is 10.5. The highest BCUT2D eigenvalue weighted by atomic mass is 16.5. The Morgan fingerprint density at radius 1 is 0.500 bits per heavy atom.